The Hall–Kier alpha value is -2.19. The Morgan fingerprint density at radius 1 is 1.35 bits per heavy atom. The molecule has 0 spiro atoms. The molecule has 0 bridgehead atoms. The minimum Gasteiger partial charge on any atom is -0.389 e. The highest BCUT2D eigenvalue weighted by Crippen LogP contribution is 2.24. The van der Waals surface area contributed by atoms with Gasteiger partial charge in [-0.2, -0.15) is 10.4 Å². The van der Waals surface area contributed by atoms with Crippen LogP contribution in [0.4, 0.5) is 0 Å². The maximum atomic E-state index is 9.91. The molecule has 1 heterocycles. The monoisotopic (exact) mass is 270 g/mol. The van der Waals surface area contributed by atoms with Crippen molar-refractivity contribution in [2.24, 2.45) is 0 Å². The fourth-order valence-corrected chi connectivity index (χ4v) is 2.11. The van der Waals surface area contributed by atoms with Crippen LogP contribution in [0.25, 0.3) is 5.69 Å². The van der Waals surface area contributed by atoms with Crippen molar-refractivity contribution in [3.05, 3.63) is 41.0 Å². The molecule has 104 valence electrons. The predicted octanol–water partition coefficient (Wildman–Crippen LogP) is 2.32. The van der Waals surface area contributed by atoms with Crippen LogP contribution in [0.15, 0.2) is 18.2 Å². The van der Waals surface area contributed by atoms with E-state index in [4.69, 9.17) is 5.26 Å². The minimum absolute atomic E-state index is 0.542. The molecular formula is C15H18N4O. The van der Waals surface area contributed by atoms with Gasteiger partial charge in [0.15, 0.2) is 5.82 Å². The fourth-order valence-electron chi connectivity index (χ4n) is 2.11. The van der Waals surface area contributed by atoms with E-state index >= 15 is 0 Å². The summed E-state index contributed by atoms with van der Waals surface area (Å²) in [5.74, 6) is 1.60. The number of nitrogens with zero attached hydrogens (tertiary/aromatic N) is 4. The lowest BCUT2D eigenvalue weighted by Crippen LogP contribution is -2.08. The van der Waals surface area contributed by atoms with E-state index in [0.717, 1.165) is 35.7 Å². The molecule has 0 fully saturated rings. The van der Waals surface area contributed by atoms with Gasteiger partial charge < -0.3 is 5.11 Å². The Bertz CT molecular complexity index is 652. The topological polar surface area (TPSA) is 74.7 Å². The van der Waals surface area contributed by atoms with Crippen LogP contribution in [-0.4, -0.2) is 19.9 Å². The van der Waals surface area contributed by atoms with E-state index in [1.54, 1.807) is 29.8 Å². The van der Waals surface area contributed by atoms with Gasteiger partial charge in [-0.05, 0) is 19.1 Å². The number of hydrogen-bond donors (Lipinski definition) is 1. The van der Waals surface area contributed by atoms with Crippen LogP contribution in [0.5, 0.6) is 0 Å². The number of aliphatic hydroxyl groups excluding tert-OH is 1. The molecule has 5 heteroatoms. The quantitative estimate of drug-likeness (QED) is 0.925. The summed E-state index contributed by atoms with van der Waals surface area (Å²) in [6, 6.07) is 7.34. The molecular weight excluding hydrogens is 252 g/mol. The zero-order valence-corrected chi connectivity index (χ0v) is 12.0. The van der Waals surface area contributed by atoms with Crippen LogP contribution < -0.4 is 0 Å². The first-order chi connectivity index (χ1) is 9.60. The summed E-state index contributed by atoms with van der Waals surface area (Å²) in [5.41, 5.74) is 2.01. The van der Waals surface area contributed by atoms with Crippen molar-refractivity contribution in [2.75, 3.05) is 0 Å². The van der Waals surface area contributed by atoms with Gasteiger partial charge in [-0.1, -0.05) is 19.9 Å². The van der Waals surface area contributed by atoms with E-state index in [1.165, 1.54) is 0 Å². The van der Waals surface area contributed by atoms with Crippen LogP contribution in [-0.2, 0) is 12.8 Å². The summed E-state index contributed by atoms with van der Waals surface area (Å²) >= 11 is 0. The summed E-state index contributed by atoms with van der Waals surface area (Å²) in [4.78, 5) is 4.47. The first kappa shape index (κ1) is 14.2. The molecule has 1 atom stereocenters. The first-order valence-electron chi connectivity index (χ1n) is 6.78. The van der Waals surface area contributed by atoms with Crippen molar-refractivity contribution in [2.45, 2.75) is 39.7 Å². The number of aliphatic hydroxyl groups is 1. The molecule has 1 N–H and O–H groups in total. The van der Waals surface area contributed by atoms with E-state index in [9.17, 15) is 5.11 Å². The maximum Gasteiger partial charge on any atom is 0.151 e. The van der Waals surface area contributed by atoms with Crippen molar-refractivity contribution in [1.82, 2.24) is 14.8 Å². The first-order valence-corrected chi connectivity index (χ1v) is 6.78. The molecule has 1 aromatic carbocycles. The largest absolute Gasteiger partial charge is 0.389 e. The predicted molar refractivity (Wildman–Crippen MR) is 75.5 cm³/mol. The zero-order valence-electron chi connectivity index (χ0n) is 12.0. The molecule has 0 saturated carbocycles. The Kier molecular flexibility index (Phi) is 4.16. The third-order valence-electron chi connectivity index (χ3n) is 3.19. The zero-order chi connectivity index (χ0) is 14.7. The van der Waals surface area contributed by atoms with Gasteiger partial charge in [-0.25, -0.2) is 9.67 Å². The molecule has 0 aliphatic rings. The molecule has 0 aliphatic heterocycles. The van der Waals surface area contributed by atoms with Crippen molar-refractivity contribution in [3.8, 4) is 11.8 Å². The van der Waals surface area contributed by atoms with Crippen LogP contribution in [0.1, 0.15) is 49.7 Å². The smallest absolute Gasteiger partial charge is 0.151 e. The number of rotatable bonds is 4. The fraction of sp³-hybridized carbons (Fsp3) is 0.400. The lowest BCUT2D eigenvalue weighted by Gasteiger charge is -2.13. The molecule has 1 aromatic heterocycles. The SMILES string of the molecule is CCc1nc(CC)n(-c2cc(C#N)ccc2[C@@H](C)O)n1. The third kappa shape index (κ3) is 2.56. The van der Waals surface area contributed by atoms with Crippen LogP contribution in [0.2, 0.25) is 0 Å². The summed E-state index contributed by atoms with van der Waals surface area (Å²) < 4.78 is 1.74. The van der Waals surface area contributed by atoms with Gasteiger partial charge in [0, 0.05) is 18.4 Å². The Morgan fingerprint density at radius 2 is 2.10 bits per heavy atom. The standard InChI is InChI=1S/C15H18N4O/c1-4-14-17-15(5-2)19(18-14)13-8-11(9-16)6-7-12(13)10(3)20/h6-8,10,20H,4-5H2,1-3H3/t10-/m1/s1. The van der Waals surface area contributed by atoms with Gasteiger partial charge >= 0.3 is 0 Å². The highest BCUT2D eigenvalue weighted by Gasteiger charge is 2.16. The number of aryl methyl sites for hydroxylation is 2. The van der Waals surface area contributed by atoms with Gasteiger partial charge in [0.2, 0.25) is 0 Å². The second kappa shape index (κ2) is 5.85. The lowest BCUT2D eigenvalue weighted by atomic mass is 10.1. The number of hydrogen-bond acceptors (Lipinski definition) is 4. The van der Waals surface area contributed by atoms with E-state index in [0.29, 0.717) is 5.56 Å². The summed E-state index contributed by atoms with van der Waals surface area (Å²) in [6.45, 7) is 5.71. The molecule has 0 saturated heterocycles. The Labute approximate surface area is 118 Å². The van der Waals surface area contributed by atoms with Crippen molar-refractivity contribution >= 4 is 0 Å². The minimum atomic E-state index is -0.628. The number of benzene rings is 1. The second-order valence-corrected chi connectivity index (χ2v) is 4.62. The third-order valence-corrected chi connectivity index (χ3v) is 3.19. The van der Waals surface area contributed by atoms with E-state index in [-0.39, 0.29) is 0 Å². The van der Waals surface area contributed by atoms with Gasteiger partial charge in [-0.15, -0.1) is 0 Å². The van der Waals surface area contributed by atoms with Gasteiger partial charge in [-0.3, -0.25) is 0 Å². The molecule has 0 amide bonds. The van der Waals surface area contributed by atoms with E-state index < -0.39 is 6.10 Å². The maximum absolute atomic E-state index is 9.91. The van der Waals surface area contributed by atoms with Crippen LogP contribution >= 0.6 is 0 Å². The summed E-state index contributed by atoms with van der Waals surface area (Å²) in [7, 11) is 0. The number of aromatic nitrogens is 3. The van der Waals surface area contributed by atoms with Crippen molar-refractivity contribution in [1.29, 1.82) is 5.26 Å². The molecule has 2 aromatic rings. The summed E-state index contributed by atoms with van der Waals surface area (Å²) in [6.07, 6.45) is 0.863. The van der Waals surface area contributed by atoms with Gasteiger partial charge in [0.1, 0.15) is 5.82 Å². The Balaban J connectivity index is 2.66. The molecule has 0 radical (unpaired) electrons. The average Bonchev–Trinajstić information content (AvgIpc) is 2.89. The molecule has 5 nitrogen and oxygen atoms in total. The van der Waals surface area contributed by atoms with Crippen LogP contribution in [0, 0.1) is 11.3 Å². The molecule has 2 rings (SSSR count). The van der Waals surface area contributed by atoms with E-state index in [1.807, 2.05) is 13.8 Å². The molecule has 0 unspecified atom stereocenters. The lowest BCUT2D eigenvalue weighted by molar-refractivity contribution is 0.199. The van der Waals surface area contributed by atoms with Gasteiger partial charge in [0.25, 0.3) is 0 Å². The second-order valence-electron chi connectivity index (χ2n) is 4.62. The van der Waals surface area contributed by atoms with Crippen molar-refractivity contribution in [3.63, 3.8) is 0 Å². The highest BCUT2D eigenvalue weighted by molar-refractivity contribution is 5.48. The van der Waals surface area contributed by atoms with E-state index in [2.05, 4.69) is 16.2 Å². The normalized spacial score (nSPS) is 12.2. The molecule has 20 heavy (non-hydrogen) atoms. The molecule has 0 aliphatic carbocycles. The Morgan fingerprint density at radius 3 is 2.65 bits per heavy atom. The summed E-state index contributed by atoms with van der Waals surface area (Å²) in [5, 5.41) is 23.4. The van der Waals surface area contributed by atoms with Crippen LogP contribution in [0.3, 0.4) is 0 Å². The number of nitriles is 1. The van der Waals surface area contributed by atoms with Gasteiger partial charge in [0.05, 0.1) is 23.4 Å². The highest BCUT2D eigenvalue weighted by atomic mass is 16.3. The average molecular weight is 270 g/mol. The van der Waals surface area contributed by atoms with Crippen molar-refractivity contribution < 1.29 is 5.11 Å².